The number of fused-ring (bicyclic) bond motifs is 1. The van der Waals surface area contributed by atoms with Crippen molar-refractivity contribution in [3.63, 3.8) is 0 Å². The standard InChI is InChI=1S/C21H25N3O3S/c1-23(2)13-8-14-24(20(25)15-9-5-6-10-16(15)26-3)21-22-19-17(27-4)11-7-12-18(19)28-21/h5-7,9-12H,8,13-14H2,1-4H3/p+1. The van der Waals surface area contributed by atoms with E-state index < -0.39 is 0 Å². The summed E-state index contributed by atoms with van der Waals surface area (Å²) in [5, 5.41) is 0.671. The van der Waals surface area contributed by atoms with E-state index in [1.165, 1.54) is 16.2 Å². The number of ether oxygens (including phenoxy) is 2. The Labute approximate surface area is 169 Å². The largest absolute Gasteiger partial charge is 0.496 e. The fraction of sp³-hybridized carbons (Fsp3) is 0.333. The van der Waals surface area contributed by atoms with Crippen molar-refractivity contribution in [3.8, 4) is 11.5 Å². The van der Waals surface area contributed by atoms with E-state index in [-0.39, 0.29) is 5.91 Å². The molecule has 1 amide bonds. The number of carbonyl (C=O) groups is 1. The Kier molecular flexibility index (Phi) is 6.49. The number of nitrogens with zero attached hydrogens (tertiary/aromatic N) is 2. The molecule has 7 heteroatoms. The summed E-state index contributed by atoms with van der Waals surface area (Å²) in [6.07, 6.45) is 0.871. The van der Waals surface area contributed by atoms with Crippen molar-refractivity contribution in [1.29, 1.82) is 0 Å². The molecular weight excluding hydrogens is 374 g/mol. The molecule has 0 aliphatic carbocycles. The van der Waals surface area contributed by atoms with Crippen LogP contribution in [-0.2, 0) is 0 Å². The molecule has 0 saturated heterocycles. The average Bonchev–Trinajstić information content (AvgIpc) is 3.14. The molecule has 1 N–H and O–H groups in total. The SMILES string of the molecule is COc1ccccc1C(=O)N(CCC[NH+](C)C)c1nc2c(OC)cccc2s1. The van der Waals surface area contributed by atoms with Gasteiger partial charge >= 0.3 is 0 Å². The van der Waals surface area contributed by atoms with Gasteiger partial charge in [-0.05, 0) is 24.3 Å². The minimum Gasteiger partial charge on any atom is -0.496 e. The fourth-order valence-corrected chi connectivity index (χ4v) is 4.04. The number of rotatable bonds is 8. The summed E-state index contributed by atoms with van der Waals surface area (Å²) in [7, 11) is 7.42. The zero-order chi connectivity index (χ0) is 20.1. The molecule has 0 aliphatic rings. The van der Waals surface area contributed by atoms with Gasteiger partial charge in [-0.1, -0.05) is 29.5 Å². The lowest BCUT2D eigenvalue weighted by atomic mass is 10.1. The van der Waals surface area contributed by atoms with E-state index in [2.05, 4.69) is 14.1 Å². The van der Waals surface area contributed by atoms with Gasteiger partial charge in [-0.15, -0.1) is 0 Å². The number of aromatic nitrogens is 1. The number of anilines is 1. The summed E-state index contributed by atoms with van der Waals surface area (Å²) in [4.78, 5) is 21.2. The minimum atomic E-state index is -0.107. The highest BCUT2D eigenvalue weighted by atomic mass is 32.1. The number of benzene rings is 2. The van der Waals surface area contributed by atoms with Crippen LogP contribution in [0.5, 0.6) is 11.5 Å². The predicted octanol–water partition coefficient (Wildman–Crippen LogP) is 2.49. The molecule has 0 atom stereocenters. The van der Waals surface area contributed by atoms with Crippen LogP contribution in [0.25, 0.3) is 10.2 Å². The third kappa shape index (κ3) is 4.26. The molecule has 0 radical (unpaired) electrons. The highest BCUT2D eigenvalue weighted by Crippen LogP contribution is 2.35. The molecule has 1 aromatic heterocycles. The van der Waals surface area contributed by atoms with Gasteiger partial charge in [0.05, 0.1) is 45.1 Å². The van der Waals surface area contributed by atoms with Crippen molar-refractivity contribution in [2.24, 2.45) is 0 Å². The molecule has 2 aromatic carbocycles. The Morgan fingerprint density at radius 1 is 1.07 bits per heavy atom. The topological polar surface area (TPSA) is 56.1 Å². The average molecular weight is 401 g/mol. The summed E-state index contributed by atoms with van der Waals surface area (Å²) >= 11 is 1.50. The maximum atomic E-state index is 13.4. The number of carbonyl (C=O) groups excluding carboxylic acids is 1. The van der Waals surface area contributed by atoms with Crippen LogP contribution in [0, 0.1) is 0 Å². The van der Waals surface area contributed by atoms with Crippen LogP contribution in [0.1, 0.15) is 16.8 Å². The monoisotopic (exact) mass is 400 g/mol. The van der Waals surface area contributed by atoms with Gasteiger partial charge in [-0.3, -0.25) is 9.69 Å². The Morgan fingerprint density at radius 2 is 1.79 bits per heavy atom. The molecular formula is C21H26N3O3S+. The maximum absolute atomic E-state index is 13.4. The first kappa shape index (κ1) is 20.1. The second-order valence-corrected chi connectivity index (χ2v) is 7.78. The lowest BCUT2D eigenvalue weighted by Crippen LogP contribution is -3.05. The highest BCUT2D eigenvalue weighted by Gasteiger charge is 2.24. The second kappa shape index (κ2) is 9.03. The van der Waals surface area contributed by atoms with Gasteiger partial charge in [0.25, 0.3) is 5.91 Å². The number of hydrogen-bond donors (Lipinski definition) is 1. The summed E-state index contributed by atoms with van der Waals surface area (Å²) in [5.74, 6) is 1.17. The number of quaternary nitrogens is 1. The van der Waals surface area contributed by atoms with Crippen molar-refractivity contribution < 1.29 is 19.2 Å². The van der Waals surface area contributed by atoms with Crippen LogP contribution in [0.15, 0.2) is 42.5 Å². The Balaban J connectivity index is 2.00. The molecule has 0 spiro atoms. The lowest BCUT2D eigenvalue weighted by Gasteiger charge is -2.21. The van der Waals surface area contributed by atoms with Crippen LogP contribution < -0.4 is 19.3 Å². The molecule has 0 bridgehead atoms. The first-order valence-corrected chi connectivity index (χ1v) is 10.0. The zero-order valence-corrected chi connectivity index (χ0v) is 17.5. The van der Waals surface area contributed by atoms with Crippen LogP contribution in [-0.4, -0.2) is 52.3 Å². The normalized spacial score (nSPS) is 11.0. The molecule has 6 nitrogen and oxygen atoms in total. The Hall–Kier alpha value is -2.64. The summed E-state index contributed by atoms with van der Waals surface area (Å²) < 4.78 is 11.8. The molecule has 28 heavy (non-hydrogen) atoms. The van der Waals surface area contributed by atoms with Gasteiger partial charge in [-0.25, -0.2) is 4.98 Å². The number of amides is 1. The highest BCUT2D eigenvalue weighted by molar-refractivity contribution is 7.22. The molecule has 0 saturated carbocycles. The Bertz CT molecular complexity index is 955. The quantitative estimate of drug-likeness (QED) is 0.631. The van der Waals surface area contributed by atoms with Crippen LogP contribution in [0.2, 0.25) is 0 Å². The smallest absolute Gasteiger partial charge is 0.263 e. The van der Waals surface area contributed by atoms with Crippen LogP contribution >= 0.6 is 11.3 Å². The number of para-hydroxylation sites is 2. The molecule has 3 rings (SSSR count). The van der Waals surface area contributed by atoms with Gasteiger partial charge in [0.15, 0.2) is 5.13 Å². The van der Waals surface area contributed by atoms with E-state index in [0.29, 0.717) is 28.7 Å². The van der Waals surface area contributed by atoms with Gasteiger partial charge in [0.2, 0.25) is 0 Å². The summed E-state index contributed by atoms with van der Waals surface area (Å²) in [5.41, 5.74) is 1.31. The molecule has 148 valence electrons. The summed E-state index contributed by atoms with van der Waals surface area (Å²) in [6, 6.07) is 13.1. The zero-order valence-electron chi connectivity index (χ0n) is 16.7. The molecule has 0 fully saturated rings. The third-order valence-corrected chi connectivity index (χ3v) is 5.51. The fourth-order valence-electron chi connectivity index (χ4n) is 3.03. The van der Waals surface area contributed by atoms with Gasteiger partial charge in [0, 0.05) is 13.0 Å². The van der Waals surface area contributed by atoms with Crippen molar-refractivity contribution in [3.05, 3.63) is 48.0 Å². The van der Waals surface area contributed by atoms with E-state index in [4.69, 9.17) is 14.5 Å². The van der Waals surface area contributed by atoms with Gasteiger partial charge < -0.3 is 14.4 Å². The molecule has 0 unspecified atom stereocenters. The van der Waals surface area contributed by atoms with E-state index in [9.17, 15) is 4.79 Å². The Morgan fingerprint density at radius 3 is 2.50 bits per heavy atom. The molecule has 0 aliphatic heterocycles. The second-order valence-electron chi connectivity index (χ2n) is 6.77. The predicted molar refractivity (Wildman–Crippen MR) is 113 cm³/mol. The number of methoxy groups -OCH3 is 2. The van der Waals surface area contributed by atoms with Crippen LogP contribution in [0.3, 0.4) is 0 Å². The van der Waals surface area contributed by atoms with Crippen molar-refractivity contribution >= 4 is 32.6 Å². The number of thiazole rings is 1. The van der Waals surface area contributed by atoms with E-state index >= 15 is 0 Å². The van der Waals surface area contributed by atoms with E-state index in [0.717, 1.165) is 23.2 Å². The van der Waals surface area contributed by atoms with Crippen LogP contribution in [0.4, 0.5) is 5.13 Å². The first-order chi connectivity index (χ1) is 13.5. The van der Waals surface area contributed by atoms with E-state index in [1.807, 2.05) is 30.3 Å². The van der Waals surface area contributed by atoms with Gasteiger partial charge in [0.1, 0.15) is 17.0 Å². The molecule has 3 aromatic rings. The lowest BCUT2D eigenvalue weighted by molar-refractivity contribution is -0.858. The third-order valence-electron chi connectivity index (χ3n) is 4.46. The number of nitrogens with one attached hydrogen (secondary N) is 1. The maximum Gasteiger partial charge on any atom is 0.263 e. The van der Waals surface area contributed by atoms with E-state index in [1.54, 1.807) is 31.3 Å². The summed E-state index contributed by atoms with van der Waals surface area (Å²) in [6.45, 7) is 1.55. The van der Waals surface area contributed by atoms with Crippen molar-refractivity contribution in [2.45, 2.75) is 6.42 Å². The van der Waals surface area contributed by atoms with Crippen molar-refractivity contribution in [1.82, 2.24) is 4.98 Å². The van der Waals surface area contributed by atoms with Crippen molar-refractivity contribution in [2.75, 3.05) is 46.3 Å². The first-order valence-electron chi connectivity index (χ1n) is 9.22. The number of hydrogen-bond acceptors (Lipinski definition) is 5. The molecule has 1 heterocycles. The van der Waals surface area contributed by atoms with Gasteiger partial charge in [-0.2, -0.15) is 0 Å². The minimum absolute atomic E-state index is 0.107.